The van der Waals surface area contributed by atoms with E-state index in [-0.39, 0.29) is 18.5 Å². The highest BCUT2D eigenvalue weighted by Gasteiger charge is 2.07. The highest BCUT2D eigenvalue weighted by Crippen LogP contribution is 1.95. The van der Waals surface area contributed by atoms with Crippen LogP contribution in [0.4, 0.5) is 0 Å². The van der Waals surface area contributed by atoms with E-state index < -0.39 is 0 Å². The molecule has 4 nitrogen and oxygen atoms in total. The van der Waals surface area contributed by atoms with Gasteiger partial charge in [-0.25, -0.2) is 0 Å². The Morgan fingerprint density at radius 2 is 2.08 bits per heavy atom. The van der Waals surface area contributed by atoms with Gasteiger partial charge in [0, 0.05) is 13.1 Å². The highest BCUT2D eigenvalue weighted by atomic mass is 16.5. The van der Waals surface area contributed by atoms with Crippen molar-refractivity contribution >= 4 is 5.97 Å². The molecule has 0 heterocycles. The number of esters is 1. The summed E-state index contributed by atoms with van der Waals surface area (Å²) in [7, 11) is 1.87. The minimum atomic E-state index is -0.169. The fourth-order valence-corrected chi connectivity index (χ4v) is 0.751. The molecule has 0 saturated heterocycles. The largest absolute Gasteiger partial charge is 0.464 e. The molecule has 0 atom stereocenters. The number of ether oxygens (including phenoxy) is 1. The third-order valence-corrected chi connectivity index (χ3v) is 1.67. The molecule has 0 aromatic carbocycles. The van der Waals surface area contributed by atoms with E-state index in [1.807, 2.05) is 11.9 Å². The molecular weight excluding hydrogens is 170 g/mol. The summed E-state index contributed by atoms with van der Waals surface area (Å²) < 4.78 is 4.96. The average Bonchev–Trinajstić information content (AvgIpc) is 2.04. The number of carbonyl (C=O) groups excluding carboxylic acids is 1. The first-order valence-electron chi connectivity index (χ1n) is 4.54. The predicted octanol–water partition coefficient (Wildman–Crippen LogP) is 0.110. The first kappa shape index (κ1) is 12.4. The van der Waals surface area contributed by atoms with Gasteiger partial charge in [0.25, 0.3) is 0 Å². The van der Waals surface area contributed by atoms with E-state index in [0.717, 1.165) is 0 Å². The van der Waals surface area contributed by atoms with E-state index in [1.165, 1.54) is 0 Å². The van der Waals surface area contributed by atoms with Crippen molar-refractivity contribution in [3.8, 4) is 0 Å². The van der Waals surface area contributed by atoms with Crippen LogP contribution in [0.15, 0.2) is 0 Å². The Morgan fingerprint density at radius 3 is 2.54 bits per heavy atom. The summed E-state index contributed by atoms with van der Waals surface area (Å²) in [5, 5.41) is 8.58. The molecule has 0 radical (unpaired) electrons. The molecule has 0 aromatic rings. The van der Waals surface area contributed by atoms with Crippen molar-refractivity contribution in [1.29, 1.82) is 0 Å². The van der Waals surface area contributed by atoms with E-state index in [1.54, 1.807) is 13.8 Å². The first-order valence-corrected chi connectivity index (χ1v) is 4.54. The number of likely N-dealkylation sites (N-methyl/N-ethyl adjacent to an activating group) is 1. The Hall–Kier alpha value is -0.610. The van der Waals surface area contributed by atoms with Crippen molar-refractivity contribution in [1.82, 2.24) is 4.90 Å². The molecule has 13 heavy (non-hydrogen) atoms. The van der Waals surface area contributed by atoms with Crippen LogP contribution < -0.4 is 0 Å². The van der Waals surface area contributed by atoms with Gasteiger partial charge in [0.05, 0.1) is 12.5 Å². The zero-order valence-electron chi connectivity index (χ0n) is 8.62. The summed E-state index contributed by atoms with van der Waals surface area (Å²) in [6.07, 6.45) is 0. The summed E-state index contributed by atoms with van der Waals surface area (Å²) in [4.78, 5) is 12.9. The molecule has 0 amide bonds. The molecule has 0 spiro atoms. The Bertz CT molecular complexity index is 148. The van der Waals surface area contributed by atoms with E-state index in [2.05, 4.69) is 0 Å². The maximum atomic E-state index is 11.0. The van der Waals surface area contributed by atoms with Crippen LogP contribution in [-0.2, 0) is 9.53 Å². The lowest BCUT2D eigenvalue weighted by molar-refractivity contribution is -0.147. The maximum Gasteiger partial charge on any atom is 0.308 e. The van der Waals surface area contributed by atoms with Crippen molar-refractivity contribution < 1.29 is 14.6 Å². The Balaban J connectivity index is 3.39. The van der Waals surface area contributed by atoms with Crippen molar-refractivity contribution in [2.75, 3.05) is 33.4 Å². The minimum Gasteiger partial charge on any atom is -0.464 e. The Labute approximate surface area is 79.5 Å². The van der Waals surface area contributed by atoms with E-state index >= 15 is 0 Å². The summed E-state index contributed by atoms with van der Waals surface area (Å²) >= 11 is 0. The minimum absolute atomic E-state index is 0.0665. The number of rotatable bonds is 6. The van der Waals surface area contributed by atoms with Gasteiger partial charge in [-0.2, -0.15) is 0 Å². The van der Waals surface area contributed by atoms with Crippen LogP contribution in [-0.4, -0.2) is 49.3 Å². The van der Waals surface area contributed by atoms with Gasteiger partial charge in [0.2, 0.25) is 0 Å². The molecule has 0 bridgehead atoms. The summed E-state index contributed by atoms with van der Waals surface area (Å²) in [5.74, 6) is -0.236. The standard InChI is InChI=1S/C9H19NO3/c1-8(2)9(12)13-7-5-10(3)4-6-11/h8,11H,4-7H2,1-3H3. The summed E-state index contributed by atoms with van der Waals surface area (Å²) in [5.41, 5.74) is 0. The molecule has 0 saturated carbocycles. The molecule has 0 aromatic heterocycles. The second-order valence-electron chi connectivity index (χ2n) is 3.35. The smallest absolute Gasteiger partial charge is 0.308 e. The molecule has 0 aliphatic heterocycles. The molecule has 0 rings (SSSR count). The quantitative estimate of drug-likeness (QED) is 0.602. The van der Waals surface area contributed by atoms with Crippen LogP contribution in [0.2, 0.25) is 0 Å². The number of nitrogens with zero attached hydrogens (tertiary/aromatic N) is 1. The van der Waals surface area contributed by atoms with Gasteiger partial charge in [0.1, 0.15) is 6.61 Å². The van der Waals surface area contributed by atoms with Gasteiger partial charge < -0.3 is 14.7 Å². The van der Waals surface area contributed by atoms with Gasteiger partial charge >= 0.3 is 5.97 Å². The number of aliphatic hydroxyl groups is 1. The Morgan fingerprint density at radius 1 is 1.46 bits per heavy atom. The van der Waals surface area contributed by atoms with Crippen molar-refractivity contribution in [3.05, 3.63) is 0 Å². The van der Waals surface area contributed by atoms with Crippen LogP contribution in [0.1, 0.15) is 13.8 Å². The molecule has 0 fully saturated rings. The third-order valence-electron chi connectivity index (χ3n) is 1.67. The predicted molar refractivity (Wildman–Crippen MR) is 50.4 cm³/mol. The van der Waals surface area contributed by atoms with Crippen molar-refractivity contribution in [2.24, 2.45) is 5.92 Å². The molecule has 0 aliphatic rings. The zero-order chi connectivity index (χ0) is 10.3. The molecular formula is C9H19NO3. The fraction of sp³-hybridized carbons (Fsp3) is 0.889. The number of aliphatic hydroxyl groups excluding tert-OH is 1. The lowest BCUT2D eigenvalue weighted by Gasteiger charge is -2.15. The number of hydrogen-bond acceptors (Lipinski definition) is 4. The van der Waals surface area contributed by atoms with Crippen LogP contribution in [0, 0.1) is 5.92 Å². The number of carbonyl (C=O) groups is 1. The monoisotopic (exact) mass is 189 g/mol. The second-order valence-corrected chi connectivity index (χ2v) is 3.35. The van der Waals surface area contributed by atoms with E-state index in [0.29, 0.717) is 19.7 Å². The SMILES string of the molecule is CC(C)C(=O)OCCN(C)CCO. The van der Waals surface area contributed by atoms with Gasteiger partial charge in [0.15, 0.2) is 0 Å². The van der Waals surface area contributed by atoms with E-state index in [9.17, 15) is 4.79 Å². The molecule has 78 valence electrons. The third kappa shape index (κ3) is 6.54. The van der Waals surface area contributed by atoms with Crippen molar-refractivity contribution in [3.63, 3.8) is 0 Å². The fourth-order valence-electron chi connectivity index (χ4n) is 0.751. The van der Waals surface area contributed by atoms with Gasteiger partial charge in [-0.15, -0.1) is 0 Å². The molecule has 4 heteroatoms. The molecule has 0 aliphatic carbocycles. The maximum absolute atomic E-state index is 11.0. The van der Waals surface area contributed by atoms with Crippen LogP contribution in [0.25, 0.3) is 0 Å². The van der Waals surface area contributed by atoms with Gasteiger partial charge in [-0.3, -0.25) is 4.79 Å². The average molecular weight is 189 g/mol. The lowest BCUT2D eigenvalue weighted by Crippen LogP contribution is -2.27. The number of hydrogen-bond donors (Lipinski definition) is 1. The molecule has 1 N–H and O–H groups in total. The first-order chi connectivity index (χ1) is 6.07. The lowest BCUT2D eigenvalue weighted by atomic mass is 10.2. The van der Waals surface area contributed by atoms with Crippen LogP contribution >= 0.6 is 0 Å². The highest BCUT2D eigenvalue weighted by molar-refractivity contribution is 5.71. The normalized spacial score (nSPS) is 10.9. The second kappa shape index (κ2) is 6.86. The van der Waals surface area contributed by atoms with E-state index in [4.69, 9.17) is 9.84 Å². The topological polar surface area (TPSA) is 49.8 Å². The summed E-state index contributed by atoms with van der Waals surface area (Å²) in [6, 6.07) is 0. The van der Waals surface area contributed by atoms with Gasteiger partial charge in [-0.1, -0.05) is 13.8 Å². The van der Waals surface area contributed by atoms with Crippen LogP contribution in [0.5, 0.6) is 0 Å². The van der Waals surface area contributed by atoms with Crippen LogP contribution in [0.3, 0.4) is 0 Å². The molecule has 0 unspecified atom stereocenters. The van der Waals surface area contributed by atoms with Gasteiger partial charge in [-0.05, 0) is 7.05 Å². The summed E-state index contributed by atoms with van der Waals surface area (Å²) in [6.45, 7) is 5.42. The van der Waals surface area contributed by atoms with Crippen molar-refractivity contribution in [2.45, 2.75) is 13.8 Å². The Kier molecular flexibility index (Phi) is 6.54. The zero-order valence-corrected chi connectivity index (χ0v) is 8.62.